The number of rotatable bonds is 6. The van der Waals surface area contributed by atoms with Crippen molar-refractivity contribution in [2.45, 2.75) is 26.8 Å². The number of carbonyl (C=O) groups is 1. The molecule has 2 aromatic heterocycles. The number of anilines is 2. The summed E-state index contributed by atoms with van der Waals surface area (Å²) in [7, 11) is 0. The zero-order valence-corrected chi connectivity index (χ0v) is 16.0. The smallest absolute Gasteiger partial charge is 0.300 e. The van der Waals surface area contributed by atoms with Crippen LogP contribution in [0.3, 0.4) is 0 Å². The second-order valence-corrected chi connectivity index (χ2v) is 6.59. The SMILES string of the molecule is CC#CC(=O)Nc1ccc2ncn(-c3cc(NC(CO)C(C)C)ncn3)c2c1. The lowest BCUT2D eigenvalue weighted by molar-refractivity contribution is -0.111. The van der Waals surface area contributed by atoms with E-state index in [4.69, 9.17) is 0 Å². The fourth-order valence-corrected chi connectivity index (χ4v) is 2.71. The van der Waals surface area contributed by atoms with Gasteiger partial charge < -0.3 is 15.7 Å². The highest BCUT2D eigenvalue weighted by molar-refractivity contribution is 6.04. The first-order valence-electron chi connectivity index (χ1n) is 8.92. The average Bonchev–Trinajstić information content (AvgIpc) is 3.09. The third-order valence-electron chi connectivity index (χ3n) is 4.28. The molecule has 8 heteroatoms. The zero-order valence-electron chi connectivity index (χ0n) is 16.0. The summed E-state index contributed by atoms with van der Waals surface area (Å²) in [6, 6.07) is 7.10. The van der Waals surface area contributed by atoms with Gasteiger partial charge in [0.1, 0.15) is 24.3 Å². The molecule has 1 amide bonds. The Hall–Kier alpha value is -3.44. The second-order valence-electron chi connectivity index (χ2n) is 6.59. The molecule has 0 fully saturated rings. The predicted octanol–water partition coefficient (Wildman–Crippen LogP) is 2.21. The largest absolute Gasteiger partial charge is 0.394 e. The molecular formula is C20H22N6O2. The number of aliphatic hydroxyl groups excluding tert-OH is 1. The van der Waals surface area contributed by atoms with E-state index in [0.29, 0.717) is 17.3 Å². The molecule has 3 aromatic rings. The number of fused-ring (bicyclic) bond motifs is 1. The van der Waals surface area contributed by atoms with Crippen molar-refractivity contribution >= 4 is 28.4 Å². The number of nitrogens with one attached hydrogen (secondary N) is 2. The van der Waals surface area contributed by atoms with Crippen LogP contribution in [0, 0.1) is 17.8 Å². The minimum absolute atomic E-state index is 0.00865. The summed E-state index contributed by atoms with van der Waals surface area (Å²) >= 11 is 0. The summed E-state index contributed by atoms with van der Waals surface area (Å²) in [5.74, 6) is 6.13. The van der Waals surface area contributed by atoms with E-state index in [1.54, 1.807) is 25.4 Å². The van der Waals surface area contributed by atoms with Crippen molar-refractivity contribution in [1.82, 2.24) is 19.5 Å². The molecular weight excluding hydrogens is 356 g/mol. The van der Waals surface area contributed by atoms with Crippen LogP contribution in [0.1, 0.15) is 20.8 Å². The van der Waals surface area contributed by atoms with Gasteiger partial charge in [0.25, 0.3) is 5.91 Å². The Bertz CT molecular complexity index is 1050. The Morgan fingerprint density at radius 3 is 2.79 bits per heavy atom. The number of nitrogens with zero attached hydrogens (tertiary/aromatic N) is 4. The van der Waals surface area contributed by atoms with E-state index in [9.17, 15) is 9.90 Å². The second kappa shape index (κ2) is 8.50. The molecule has 0 saturated carbocycles. The molecule has 0 radical (unpaired) electrons. The summed E-state index contributed by atoms with van der Waals surface area (Å²) in [4.78, 5) is 24.7. The first-order valence-corrected chi connectivity index (χ1v) is 8.92. The summed E-state index contributed by atoms with van der Waals surface area (Å²) in [6.07, 6.45) is 3.13. The highest BCUT2D eigenvalue weighted by Gasteiger charge is 2.14. The van der Waals surface area contributed by atoms with Gasteiger partial charge in [0.05, 0.1) is 23.7 Å². The third kappa shape index (κ3) is 4.27. The van der Waals surface area contributed by atoms with Crippen LogP contribution in [0.5, 0.6) is 0 Å². The lowest BCUT2D eigenvalue weighted by Gasteiger charge is -2.20. The number of aliphatic hydroxyl groups is 1. The average molecular weight is 378 g/mol. The third-order valence-corrected chi connectivity index (χ3v) is 4.28. The zero-order chi connectivity index (χ0) is 20.1. The highest BCUT2D eigenvalue weighted by Crippen LogP contribution is 2.22. The van der Waals surface area contributed by atoms with Crippen molar-refractivity contribution in [3.05, 3.63) is 36.9 Å². The predicted molar refractivity (Wildman–Crippen MR) is 108 cm³/mol. The molecule has 28 heavy (non-hydrogen) atoms. The first kappa shape index (κ1) is 19.3. The van der Waals surface area contributed by atoms with E-state index >= 15 is 0 Å². The molecule has 1 aromatic carbocycles. The van der Waals surface area contributed by atoms with E-state index in [1.807, 2.05) is 30.5 Å². The quantitative estimate of drug-likeness (QED) is 0.568. The summed E-state index contributed by atoms with van der Waals surface area (Å²) in [5, 5.41) is 15.5. The molecule has 0 saturated heterocycles. The monoisotopic (exact) mass is 378 g/mol. The summed E-state index contributed by atoms with van der Waals surface area (Å²) in [6.45, 7) is 5.67. The Morgan fingerprint density at radius 1 is 1.25 bits per heavy atom. The van der Waals surface area contributed by atoms with Crippen LogP contribution < -0.4 is 10.6 Å². The van der Waals surface area contributed by atoms with Crippen LogP contribution >= 0.6 is 0 Å². The molecule has 0 spiro atoms. The lowest BCUT2D eigenvalue weighted by Crippen LogP contribution is -2.29. The Morgan fingerprint density at radius 2 is 2.07 bits per heavy atom. The minimum Gasteiger partial charge on any atom is -0.394 e. The summed E-state index contributed by atoms with van der Waals surface area (Å²) in [5.41, 5.74) is 2.17. The number of hydrogen-bond donors (Lipinski definition) is 3. The number of imidazole rings is 1. The Balaban J connectivity index is 1.93. The Kier molecular flexibility index (Phi) is 5.87. The van der Waals surface area contributed by atoms with E-state index in [-0.39, 0.29) is 24.5 Å². The maximum Gasteiger partial charge on any atom is 0.300 e. The number of benzene rings is 1. The maximum absolute atomic E-state index is 11.7. The molecule has 0 aliphatic heterocycles. The van der Waals surface area contributed by atoms with Crippen LogP contribution in [-0.2, 0) is 4.79 Å². The molecule has 8 nitrogen and oxygen atoms in total. The van der Waals surface area contributed by atoms with Crippen LogP contribution in [0.25, 0.3) is 16.9 Å². The van der Waals surface area contributed by atoms with E-state index in [0.717, 1.165) is 11.0 Å². The molecule has 1 atom stereocenters. The number of carbonyl (C=O) groups excluding carboxylic acids is 1. The van der Waals surface area contributed by atoms with Crippen molar-refractivity contribution in [2.75, 3.05) is 17.2 Å². The standard InChI is InChI=1S/C20H22N6O2/c1-4-5-20(28)24-14-6-7-15-17(8-14)26(12-23-15)19-9-18(21-11-22-19)25-16(10-27)13(2)3/h6-9,11-13,16,27H,10H2,1-3H3,(H,24,28)(H,21,22,25). The fourth-order valence-electron chi connectivity index (χ4n) is 2.71. The topological polar surface area (TPSA) is 105 Å². The molecule has 0 aliphatic rings. The van der Waals surface area contributed by atoms with Gasteiger partial charge in [0, 0.05) is 11.8 Å². The number of amides is 1. The van der Waals surface area contributed by atoms with Crippen LogP contribution in [0.2, 0.25) is 0 Å². The molecule has 2 heterocycles. The molecule has 3 rings (SSSR count). The van der Waals surface area contributed by atoms with Gasteiger partial charge in [-0.2, -0.15) is 0 Å². The van der Waals surface area contributed by atoms with Crippen molar-refractivity contribution in [3.8, 4) is 17.7 Å². The van der Waals surface area contributed by atoms with Crippen LogP contribution in [-0.4, -0.2) is 43.2 Å². The molecule has 3 N–H and O–H groups in total. The van der Waals surface area contributed by atoms with Crippen molar-refractivity contribution in [2.24, 2.45) is 5.92 Å². The van der Waals surface area contributed by atoms with Crippen LogP contribution in [0.15, 0.2) is 36.9 Å². The number of hydrogen-bond acceptors (Lipinski definition) is 6. The molecule has 0 bridgehead atoms. The van der Waals surface area contributed by atoms with Gasteiger partial charge in [-0.3, -0.25) is 9.36 Å². The van der Waals surface area contributed by atoms with E-state index in [2.05, 4.69) is 37.4 Å². The lowest BCUT2D eigenvalue weighted by atomic mass is 10.1. The van der Waals surface area contributed by atoms with E-state index < -0.39 is 0 Å². The summed E-state index contributed by atoms with van der Waals surface area (Å²) < 4.78 is 1.81. The first-order chi connectivity index (χ1) is 13.5. The van der Waals surface area contributed by atoms with Gasteiger partial charge in [-0.1, -0.05) is 19.8 Å². The van der Waals surface area contributed by atoms with Crippen molar-refractivity contribution in [1.29, 1.82) is 0 Å². The van der Waals surface area contributed by atoms with Crippen molar-refractivity contribution < 1.29 is 9.90 Å². The van der Waals surface area contributed by atoms with Gasteiger partial charge in [-0.05, 0) is 37.0 Å². The fraction of sp³-hybridized carbons (Fsp3) is 0.300. The van der Waals surface area contributed by atoms with Gasteiger partial charge >= 0.3 is 0 Å². The normalized spacial score (nSPS) is 11.8. The van der Waals surface area contributed by atoms with Gasteiger partial charge in [0.2, 0.25) is 0 Å². The number of aromatic nitrogens is 4. The molecule has 0 aliphatic carbocycles. The van der Waals surface area contributed by atoms with Gasteiger partial charge in [0.15, 0.2) is 0 Å². The maximum atomic E-state index is 11.7. The minimum atomic E-state index is -0.370. The van der Waals surface area contributed by atoms with Crippen molar-refractivity contribution in [3.63, 3.8) is 0 Å². The van der Waals surface area contributed by atoms with Crippen LogP contribution in [0.4, 0.5) is 11.5 Å². The van der Waals surface area contributed by atoms with E-state index in [1.165, 1.54) is 6.33 Å². The highest BCUT2D eigenvalue weighted by atomic mass is 16.3. The Labute approximate surface area is 163 Å². The van der Waals surface area contributed by atoms with Gasteiger partial charge in [-0.15, -0.1) is 0 Å². The van der Waals surface area contributed by atoms with Gasteiger partial charge in [-0.25, -0.2) is 15.0 Å². The molecule has 144 valence electrons. The molecule has 1 unspecified atom stereocenters.